The summed E-state index contributed by atoms with van der Waals surface area (Å²) in [6.07, 6.45) is 6.20. The Kier molecular flexibility index (Phi) is 4.41. The van der Waals surface area contributed by atoms with Crippen molar-refractivity contribution < 1.29 is 4.79 Å². The van der Waals surface area contributed by atoms with Crippen LogP contribution in [0.3, 0.4) is 0 Å². The minimum absolute atomic E-state index is 0.0143. The fraction of sp³-hybridized carbons (Fsp3) is 0.833. The van der Waals surface area contributed by atoms with Gasteiger partial charge in [0.25, 0.3) is 0 Å². The van der Waals surface area contributed by atoms with Crippen molar-refractivity contribution >= 4 is 11.9 Å². The average molecular weight is 253 g/mol. The van der Waals surface area contributed by atoms with E-state index in [1.807, 2.05) is 6.92 Å². The Morgan fingerprint density at radius 3 is 2.78 bits per heavy atom. The summed E-state index contributed by atoms with van der Waals surface area (Å²) >= 11 is 0. The molecule has 18 heavy (non-hydrogen) atoms. The van der Waals surface area contributed by atoms with Crippen molar-refractivity contribution in [1.29, 1.82) is 0 Å². The molecule has 2 aliphatic rings. The van der Waals surface area contributed by atoms with Crippen LogP contribution in [0.4, 0.5) is 0 Å². The van der Waals surface area contributed by atoms with Crippen LogP contribution in [0.5, 0.6) is 0 Å². The molecule has 1 amide bonds. The molecule has 0 spiro atoms. The molecule has 2 unspecified atom stereocenters. The van der Waals surface area contributed by atoms with Crippen LogP contribution < -0.4 is 21.7 Å². The lowest BCUT2D eigenvalue weighted by Gasteiger charge is -2.28. The number of nitrogens with two attached hydrogens (primary N) is 1. The number of aliphatic imine (C=N–C) groups is 1. The van der Waals surface area contributed by atoms with Crippen LogP contribution in [0.1, 0.15) is 45.4 Å². The minimum atomic E-state index is -0.405. The molecule has 1 saturated heterocycles. The summed E-state index contributed by atoms with van der Waals surface area (Å²) < 4.78 is 0. The molecule has 5 N–H and O–H groups in total. The van der Waals surface area contributed by atoms with Crippen LogP contribution in [-0.4, -0.2) is 30.2 Å². The second-order valence-corrected chi connectivity index (χ2v) is 5.24. The van der Waals surface area contributed by atoms with Gasteiger partial charge in [0.15, 0.2) is 12.2 Å². The van der Waals surface area contributed by atoms with Crippen LogP contribution in [0.25, 0.3) is 0 Å². The Morgan fingerprint density at radius 2 is 2.11 bits per heavy atom. The van der Waals surface area contributed by atoms with E-state index in [9.17, 15) is 4.79 Å². The van der Waals surface area contributed by atoms with Crippen molar-refractivity contribution in [2.75, 3.05) is 0 Å². The predicted molar refractivity (Wildman–Crippen MR) is 70.8 cm³/mol. The van der Waals surface area contributed by atoms with Gasteiger partial charge in [0, 0.05) is 18.5 Å². The van der Waals surface area contributed by atoms with Gasteiger partial charge >= 0.3 is 0 Å². The fourth-order valence-electron chi connectivity index (χ4n) is 2.56. The number of hydrogen-bond donors (Lipinski definition) is 4. The Hall–Kier alpha value is -1.30. The third-order valence-corrected chi connectivity index (χ3v) is 3.46. The Morgan fingerprint density at radius 1 is 1.39 bits per heavy atom. The summed E-state index contributed by atoms with van der Waals surface area (Å²) in [6, 6.07) is 0.564. The quantitative estimate of drug-likeness (QED) is 0.412. The number of nitrogens with zero attached hydrogens (tertiary/aromatic N) is 1. The summed E-state index contributed by atoms with van der Waals surface area (Å²) in [7, 11) is 0. The van der Waals surface area contributed by atoms with Crippen molar-refractivity contribution in [2.24, 2.45) is 10.7 Å². The van der Waals surface area contributed by atoms with Crippen LogP contribution >= 0.6 is 0 Å². The summed E-state index contributed by atoms with van der Waals surface area (Å²) in [5, 5.41) is 9.17. The monoisotopic (exact) mass is 253 g/mol. The largest absolute Gasteiger partial charge is 0.370 e. The molecule has 1 aliphatic heterocycles. The van der Waals surface area contributed by atoms with Crippen molar-refractivity contribution in [3.05, 3.63) is 0 Å². The molecule has 6 nitrogen and oxygen atoms in total. The molecular weight excluding hydrogens is 230 g/mol. The summed E-state index contributed by atoms with van der Waals surface area (Å²) in [4.78, 5) is 15.6. The first-order valence-corrected chi connectivity index (χ1v) is 6.78. The van der Waals surface area contributed by atoms with Gasteiger partial charge in [-0.1, -0.05) is 19.3 Å². The zero-order valence-electron chi connectivity index (χ0n) is 10.9. The molecule has 1 saturated carbocycles. The minimum Gasteiger partial charge on any atom is -0.370 e. The van der Waals surface area contributed by atoms with E-state index in [1.54, 1.807) is 0 Å². The van der Waals surface area contributed by atoms with E-state index < -0.39 is 6.29 Å². The maximum atomic E-state index is 11.4. The molecule has 2 fully saturated rings. The third kappa shape index (κ3) is 3.87. The van der Waals surface area contributed by atoms with E-state index in [0.29, 0.717) is 18.4 Å². The maximum Gasteiger partial charge on any atom is 0.224 e. The topological polar surface area (TPSA) is 91.5 Å². The molecule has 102 valence electrons. The zero-order valence-corrected chi connectivity index (χ0v) is 10.9. The van der Waals surface area contributed by atoms with Gasteiger partial charge in [-0.2, -0.15) is 0 Å². The van der Waals surface area contributed by atoms with Gasteiger partial charge in [-0.05, 0) is 19.8 Å². The van der Waals surface area contributed by atoms with E-state index >= 15 is 0 Å². The maximum absolute atomic E-state index is 11.4. The van der Waals surface area contributed by atoms with Crippen LogP contribution in [0, 0.1) is 0 Å². The van der Waals surface area contributed by atoms with Crippen molar-refractivity contribution in [2.45, 2.75) is 63.8 Å². The lowest BCUT2D eigenvalue weighted by atomic mass is 9.96. The molecule has 1 heterocycles. The molecule has 6 heteroatoms. The molecule has 0 radical (unpaired) electrons. The summed E-state index contributed by atoms with van der Waals surface area (Å²) in [5.41, 5.74) is 5.87. The second kappa shape index (κ2) is 6.04. The van der Waals surface area contributed by atoms with E-state index in [0.717, 1.165) is 12.8 Å². The van der Waals surface area contributed by atoms with Gasteiger partial charge in [0.2, 0.25) is 5.91 Å². The fourth-order valence-corrected chi connectivity index (χ4v) is 2.56. The lowest BCUT2D eigenvalue weighted by Crippen LogP contribution is -2.56. The Labute approximate surface area is 108 Å². The van der Waals surface area contributed by atoms with E-state index in [2.05, 4.69) is 20.9 Å². The normalized spacial score (nSPS) is 30.9. The van der Waals surface area contributed by atoms with Crippen molar-refractivity contribution in [3.63, 3.8) is 0 Å². The first-order chi connectivity index (χ1) is 8.63. The smallest absolute Gasteiger partial charge is 0.224 e. The first kappa shape index (κ1) is 13.1. The van der Waals surface area contributed by atoms with Crippen LogP contribution in [-0.2, 0) is 4.79 Å². The zero-order chi connectivity index (χ0) is 13.0. The summed E-state index contributed by atoms with van der Waals surface area (Å²) in [5.74, 6) is 0.425. The van der Waals surface area contributed by atoms with E-state index in [-0.39, 0.29) is 11.9 Å². The third-order valence-electron chi connectivity index (χ3n) is 3.46. The second-order valence-electron chi connectivity index (χ2n) is 5.24. The molecular formula is C12H23N5O. The Balaban J connectivity index is 1.84. The molecule has 0 bridgehead atoms. The van der Waals surface area contributed by atoms with Crippen molar-refractivity contribution in [1.82, 2.24) is 16.0 Å². The van der Waals surface area contributed by atoms with E-state index in [4.69, 9.17) is 5.73 Å². The highest BCUT2D eigenvalue weighted by atomic mass is 16.2. The number of guanidine groups is 1. The number of nitrogens with one attached hydrogen (secondary N) is 3. The molecule has 0 aromatic heterocycles. The molecule has 0 aromatic carbocycles. The van der Waals surface area contributed by atoms with Gasteiger partial charge in [0.1, 0.15) is 0 Å². The van der Waals surface area contributed by atoms with Gasteiger partial charge in [-0.15, -0.1) is 0 Å². The molecule has 2 rings (SSSR count). The lowest BCUT2D eigenvalue weighted by molar-refractivity contribution is -0.124. The molecule has 2 atom stereocenters. The summed E-state index contributed by atoms with van der Waals surface area (Å²) in [6.45, 7) is 1.96. The first-order valence-electron chi connectivity index (χ1n) is 6.78. The standard InChI is InChI=1S/C12H23N5O/c1-8-7-10(18)16-12(14-8)17-11(13)15-9-5-3-2-4-6-9/h8-9,12,14H,2-7H2,1H3,(H,16,18)(H3,13,15,17). The van der Waals surface area contributed by atoms with Crippen LogP contribution in [0.2, 0.25) is 0 Å². The number of hydrogen-bond acceptors (Lipinski definition) is 3. The number of carbonyl (C=O) groups is 1. The average Bonchev–Trinajstić information content (AvgIpc) is 2.28. The predicted octanol–water partition coefficient (Wildman–Crippen LogP) is 0.00500. The van der Waals surface area contributed by atoms with Crippen LogP contribution in [0.15, 0.2) is 4.99 Å². The highest BCUT2D eigenvalue weighted by Gasteiger charge is 2.22. The van der Waals surface area contributed by atoms with Gasteiger partial charge in [-0.3, -0.25) is 10.1 Å². The number of carbonyl (C=O) groups excluding carboxylic acids is 1. The Bertz CT molecular complexity index is 324. The molecule has 1 aliphatic carbocycles. The van der Waals surface area contributed by atoms with E-state index in [1.165, 1.54) is 19.3 Å². The highest BCUT2D eigenvalue weighted by Crippen LogP contribution is 2.17. The van der Waals surface area contributed by atoms with Gasteiger partial charge in [-0.25, -0.2) is 4.99 Å². The molecule has 0 aromatic rings. The van der Waals surface area contributed by atoms with Gasteiger partial charge in [0.05, 0.1) is 0 Å². The number of amides is 1. The van der Waals surface area contributed by atoms with Crippen molar-refractivity contribution in [3.8, 4) is 0 Å². The SMILES string of the molecule is CC1CC(=O)NC(/N=C(\N)NC2CCCCC2)N1. The highest BCUT2D eigenvalue weighted by molar-refractivity contribution is 5.80. The number of rotatable bonds is 2. The van der Waals surface area contributed by atoms with Gasteiger partial charge < -0.3 is 16.4 Å².